The lowest BCUT2D eigenvalue weighted by Crippen LogP contribution is -2.40. The normalized spacial score (nSPS) is 13.3. The average Bonchev–Trinajstić information content (AvgIpc) is 3.15. The van der Waals surface area contributed by atoms with Crippen molar-refractivity contribution in [2.24, 2.45) is 5.92 Å². The van der Waals surface area contributed by atoms with Crippen LogP contribution in [0.1, 0.15) is 61.6 Å². The molecule has 0 aromatic heterocycles. The van der Waals surface area contributed by atoms with Gasteiger partial charge in [-0.15, -0.1) is 0 Å². The van der Waals surface area contributed by atoms with E-state index in [-0.39, 0.29) is 37.9 Å². The topological polar surface area (TPSA) is 142 Å². The third kappa shape index (κ3) is 20.3. The first-order valence-corrected chi connectivity index (χ1v) is 18.4. The van der Waals surface area contributed by atoms with Gasteiger partial charge in [0.1, 0.15) is 6.61 Å². The highest BCUT2D eigenvalue weighted by molar-refractivity contribution is 5.80. The van der Waals surface area contributed by atoms with Crippen molar-refractivity contribution in [3.8, 4) is 0 Å². The van der Waals surface area contributed by atoms with Gasteiger partial charge in [0.25, 0.3) is 5.91 Å². The van der Waals surface area contributed by atoms with E-state index in [9.17, 15) is 14.4 Å². The van der Waals surface area contributed by atoms with Crippen LogP contribution in [0.15, 0.2) is 54.6 Å². The number of rotatable bonds is 27. The third-order valence-corrected chi connectivity index (χ3v) is 8.60. The Hall–Kier alpha value is -3.39. The van der Waals surface area contributed by atoms with Gasteiger partial charge in [-0.2, -0.15) is 5.48 Å². The number of benzene rings is 2. The van der Waals surface area contributed by atoms with Crippen LogP contribution >= 0.6 is 0 Å². The SMILES string of the molecule is O=C(Cc1ccc(CCCCc2ccccc2)cc1)NOC(=O)CCCC1CCN(C(=O)COCCOCCOCCOCCOCCO)CC1. The first-order valence-electron chi connectivity index (χ1n) is 18.4. The van der Waals surface area contributed by atoms with Crippen molar-refractivity contribution >= 4 is 17.8 Å². The molecular weight excluding hydrogens is 656 g/mol. The van der Waals surface area contributed by atoms with Crippen molar-refractivity contribution in [2.75, 3.05) is 85.8 Å². The number of hydrogen-bond donors (Lipinski definition) is 2. The number of aliphatic hydroxyl groups is 1. The number of nitrogens with zero attached hydrogens (tertiary/aromatic N) is 1. The second-order valence-corrected chi connectivity index (χ2v) is 12.6. The maximum atomic E-state index is 12.5. The fraction of sp³-hybridized carbons (Fsp3) is 0.615. The molecule has 0 atom stereocenters. The van der Waals surface area contributed by atoms with Gasteiger partial charge in [-0.25, -0.2) is 4.79 Å². The van der Waals surface area contributed by atoms with E-state index in [1.54, 1.807) is 0 Å². The van der Waals surface area contributed by atoms with E-state index in [2.05, 4.69) is 41.9 Å². The monoisotopic (exact) mass is 714 g/mol. The summed E-state index contributed by atoms with van der Waals surface area (Å²) < 4.78 is 26.8. The van der Waals surface area contributed by atoms with Gasteiger partial charge in [-0.3, -0.25) is 9.59 Å². The van der Waals surface area contributed by atoms with Crippen molar-refractivity contribution in [3.63, 3.8) is 0 Å². The van der Waals surface area contributed by atoms with Crippen LogP contribution in [-0.2, 0) is 62.2 Å². The Morgan fingerprint density at radius 1 is 0.667 bits per heavy atom. The summed E-state index contributed by atoms with van der Waals surface area (Å²) in [4.78, 5) is 43.8. The Morgan fingerprint density at radius 3 is 1.78 bits per heavy atom. The van der Waals surface area contributed by atoms with E-state index in [0.29, 0.717) is 84.9 Å². The van der Waals surface area contributed by atoms with Gasteiger partial charge in [0, 0.05) is 19.5 Å². The van der Waals surface area contributed by atoms with Gasteiger partial charge in [0.2, 0.25) is 5.91 Å². The number of hydroxylamine groups is 1. The average molecular weight is 715 g/mol. The molecule has 0 spiro atoms. The Kier molecular flexibility index (Phi) is 22.5. The molecule has 0 aliphatic carbocycles. The van der Waals surface area contributed by atoms with Gasteiger partial charge in [0.05, 0.1) is 72.5 Å². The molecule has 12 nitrogen and oxygen atoms in total. The molecule has 2 amide bonds. The fourth-order valence-corrected chi connectivity index (χ4v) is 5.71. The fourth-order valence-electron chi connectivity index (χ4n) is 5.71. The molecule has 0 bridgehead atoms. The number of carbonyl (C=O) groups is 3. The van der Waals surface area contributed by atoms with Crippen LogP contribution in [0.3, 0.4) is 0 Å². The Labute approximate surface area is 303 Å². The predicted octanol–water partition coefficient (Wildman–Crippen LogP) is 3.85. The van der Waals surface area contributed by atoms with Crippen molar-refractivity contribution in [1.29, 1.82) is 0 Å². The summed E-state index contributed by atoms with van der Waals surface area (Å²) in [5, 5.41) is 8.61. The number of hydrogen-bond acceptors (Lipinski definition) is 10. The predicted molar refractivity (Wildman–Crippen MR) is 192 cm³/mol. The number of likely N-dealkylation sites (tertiary alicyclic amines) is 1. The van der Waals surface area contributed by atoms with E-state index in [1.807, 2.05) is 23.1 Å². The van der Waals surface area contributed by atoms with Crippen molar-refractivity contribution in [3.05, 3.63) is 71.3 Å². The van der Waals surface area contributed by atoms with Crippen LogP contribution in [0.4, 0.5) is 0 Å². The second kappa shape index (κ2) is 27.3. The number of nitrogens with one attached hydrogen (secondary N) is 1. The molecule has 0 saturated carbocycles. The Morgan fingerprint density at radius 2 is 1.20 bits per heavy atom. The molecule has 0 unspecified atom stereocenters. The highest BCUT2D eigenvalue weighted by Gasteiger charge is 2.23. The molecule has 1 fully saturated rings. The zero-order chi connectivity index (χ0) is 36.2. The quantitative estimate of drug-likeness (QED) is 0.104. The summed E-state index contributed by atoms with van der Waals surface area (Å²) in [5.41, 5.74) is 5.77. The lowest BCUT2D eigenvalue weighted by atomic mass is 9.91. The summed E-state index contributed by atoms with van der Waals surface area (Å²) in [6, 6.07) is 18.5. The molecule has 2 aromatic carbocycles. The summed E-state index contributed by atoms with van der Waals surface area (Å²) in [5.74, 6) is -0.382. The van der Waals surface area contributed by atoms with Gasteiger partial charge in [-0.1, -0.05) is 54.6 Å². The van der Waals surface area contributed by atoms with E-state index in [0.717, 1.165) is 50.5 Å². The molecule has 1 aliphatic rings. The maximum absolute atomic E-state index is 12.5. The number of aryl methyl sites for hydroxylation is 2. The zero-order valence-electron chi connectivity index (χ0n) is 30.1. The summed E-state index contributed by atoms with van der Waals surface area (Å²) in [7, 11) is 0. The molecule has 1 aliphatic heterocycles. The summed E-state index contributed by atoms with van der Waals surface area (Å²) in [6.07, 6.45) is 8.02. The lowest BCUT2D eigenvalue weighted by molar-refractivity contribution is -0.158. The minimum Gasteiger partial charge on any atom is -0.394 e. The highest BCUT2D eigenvalue weighted by Crippen LogP contribution is 2.23. The van der Waals surface area contributed by atoms with Crippen LogP contribution < -0.4 is 5.48 Å². The minimum absolute atomic E-state index is 0.00750. The second-order valence-electron chi connectivity index (χ2n) is 12.6. The van der Waals surface area contributed by atoms with Gasteiger partial charge >= 0.3 is 5.97 Å². The van der Waals surface area contributed by atoms with Crippen LogP contribution in [0.5, 0.6) is 0 Å². The molecule has 2 aromatic rings. The molecular formula is C39H58N2O10. The van der Waals surface area contributed by atoms with E-state index in [1.165, 1.54) is 11.1 Å². The molecule has 0 radical (unpaired) electrons. The third-order valence-electron chi connectivity index (χ3n) is 8.60. The molecule has 3 rings (SSSR count). The molecule has 51 heavy (non-hydrogen) atoms. The van der Waals surface area contributed by atoms with Crippen molar-refractivity contribution in [2.45, 2.75) is 64.2 Å². The Balaban J connectivity index is 1.11. The number of ether oxygens (including phenoxy) is 5. The number of aliphatic hydroxyl groups excluding tert-OH is 1. The minimum atomic E-state index is -0.446. The first-order chi connectivity index (χ1) is 25.0. The molecule has 12 heteroatoms. The van der Waals surface area contributed by atoms with Gasteiger partial charge < -0.3 is 38.5 Å². The lowest BCUT2D eigenvalue weighted by Gasteiger charge is -2.32. The van der Waals surface area contributed by atoms with Crippen molar-refractivity contribution < 1.29 is 48.0 Å². The van der Waals surface area contributed by atoms with E-state index < -0.39 is 5.97 Å². The van der Waals surface area contributed by atoms with Crippen LogP contribution in [0, 0.1) is 5.92 Å². The Bertz CT molecular complexity index is 1210. The maximum Gasteiger partial charge on any atom is 0.332 e. The highest BCUT2D eigenvalue weighted by atomic mass is 16.7. The molecule has 1 saturated heterocycles. The number of amides is 2. The summed E-state index contributed by atoms with van der Waals surface area (Å²) >= 11 is 0. The standard InChI is InChI=1S/C39H58N2O10/c42-21-22-46-23-24-47-25-26-48-27-28-49-29-30-50-32-38(44)41-19-17-35(18-20-41)11-6-12-39(45)51-40-37(43)31-36-15-13-34(14-16-36)10-5-4-9-33-7-2-1-3-8-33/h1-3,7-8,13-16,35,42H,4-6,9-12,17-32H2,(H,40,43). The molecule has 1 heterocycles. The molecule has 284 valence electrons. The smallest absolute Gasteiger partial charge is 0.332 e. The van der Waals surface area contributed by atoms with Gasteiger partial charge in [0.15, 0.2) is 0 Å². The van der Waals surface area contributed by atoms with Crippen LogP contribution in [0.25, 0.3) is 0 Å². The van der Waals surface area contributed by atoms with E-state index >= 15 is 0 Å². The largest absolute Gasteiger partial charge is 0.394 e. The van der Waals surface area contributed by atoms with Crippen LogP contribution in [0.2, 0.25) is 0 Å². The molecule has 2 N–H and O–H groups in total. The van der Waals surface area contributed by atoms with E-state index in [4.69, 9.17) is 33.6 Å². The first kappa shape index (κ1) is 42.0. The number of carbonyl (C=O) groups excluding carboxylic acids is 3. The van der Waals surface area contributed by atoms with Crippen molar-refractivity contribution in [1.82, 2.24) is 10.4 Å². The zero-order valence-corrected chi connectivity index (χ0v) is 30.1. The van der Waals surface area contributed by atoms with Gasteiger partial charge in [-0.05, 0) is 74.0 Å². The number of unbranched alkanes of at least 4 members (excludes halogenated alkanes) is 1. The number of piperidine rings is 1. The summed E-state index contributed by atoms with van der Waals surface area (Å²) in [6.45, 7) is 5.14. The van der Waals surface area contributed by atoms with Crippen LogP contribution in [-0.4, -0.2) is 114 Å².